The summed E-state index contributed by atoms with van der Waals surface area (Å²) in [6.07, 6.45) is 3.51. The van der Waals surface area contributed by atoms with Gasteiger partial charge in [0.05, 0.1) is 18.8 Å². The zero-order valence-electron chi connectivity index (χ0n) is 12.1. The summed E-state index contributed by atoms with van der Waals surface area (Å²) in [5.41, 5.74) is 2.04. The number of ether oxygens (including phenoxy) is 1. The van der Waals surface area contributed by atoms with Crippen LogP contribution in [-0.2, 0) is 0 Å². The predicted octanol–water partition coefficient (Wildman–Crippen LogP) is 3.92. The Bertz CT molecular complexity index is 607. The van der Waals surface area contributed by atoms with E-state index in [1.54, 1.807) is 12.3 Å². The molecule has 1 heterocycles. The van der Waals surface area contributed by atoms with Gasteiger partial charge in [0.2, 0.25) is 0 Å². The first-order valence-corrected chi connectivity index (χ1v) is 7.99. The molecule has 5 heteroatoms. The number of hydrogen-bond donors (Lipinski definition) is 1. The lowest BCUT2D eigenvalue weighted by Gasteiger charge is -2.20. The zero-order valence-corrected chi connectivity index (χ0v) is 14.2. The Kier molecular flexibility index (Phi) is 5.93. The SMILES string of the molecule is CCNC(c1cncc(OCC)c1)c1ccc(F)cc1I. The highest BCUT2D eigenvalue weighted by Crippen LogP contribution is 2.28. The molecule has 0 bridgehead atoms. The number of benzene rings is 1. The summed E-state index contributed by atoms with van der Waals surface area (Å²) >= 11 is 2.16. The Morgan fingerprint density at radius 1 is 1.29 bits per heavy atom. The van der Waals surface area contributed by atoms with Crippen molar-refractivity contribution in [2.24, 2.45) is 0 Å². The summed E-state index contributed by atoms with van der Waals surface area (Å²) in [6, 6.07) is 6.79. The van der Waals surface area contributed by atoms with Crippen molar-refractivity contribution in [3.8, 4) is 5.75 Å². The second-order valence-electron chi connectivity index (χ2n) is 4.54. The first-order valence-electron chi connectivity index (χ1n) is 6.91. The Balaban J connectivity index is 2.40. The van der Waals surface area contributed by atoms with E-state index in [0.29, 0.717) is 6.61 Å². The molecule has 1 unspecified atom stereocenters. The fourth-order valence-corrected chi connectivity index (χ4v) is 2.97. The van der Waals surface area contributed by atoms with Crippen molar-refractivity contribution in [1.82, 2.24) is 10.3 Å². The van der Waals surface area contributed by atoms with Gasteiger partial charge in [0.25, 0.3) is 0 Å². The van der Waals surface area contributed by atoms with Gasteiger partial charge in [-0.05, 0) is 65.4 Å². The molecule has 112 valence electrons. The molecule has 0 aliphatic carbocycles. The fourth-order valence-electron chi connectivity index (χ4n) is 2.19. The topological polar surface area (TPSA) is 34.2 Å². The maximum Gasteiger partial charge on any atom is 0.137 e. The molecule has 1 aromatic carbocycles. The fraction of sp³-hybridized carbons (Fsp3) is 0.312. The van der Waals surface area contributed by atoms with Gasteiger partial charge in [0.1, 0.15) is 11.6 Å². The first-order chi connectivity index (χ1) is 10.2. The number of nitrogens with zero attached hydrogens (tertiary/aromatic N) is 1. The molecular weight excluding hydrogens is 382 g/mol. The minimum Gasteiger partial charge on any atom is -0.492 e. The molecule has 1 N–H and O–H groups in total. The Hall–Kier alpha value is -1.21. The largest absolute Gasteiger partial charge is 0.492 e. The Labute approximate surface area is 138 Å². The summed E-state index contributed by atoms with van der Waals surface area (Å²) in [4.78, 5) is 4.24. The highest BCUT2D eigenvalue weighted by Gasteiger charge is 2.17. The Morgan fingerprint density at radius 3 is 2.76 bits per heavy atom. The summed E-state index contributed by atoms with van der Waals surface area (Å²) in [6.45, 7) is 5.39. The average Bonchev–Trinajstić information content (AvgIpc) is 2.46. The standard InChI is InChI=1S/C16H18FIN2O/c1-3-20-16(14-6-5-12(17)8-15(14)18)11-7-13(21-4-2)10-19-9-11/h5-10,16,20H,3-4H2,1-2H3. The van der Waals surface area contributed by atoms with Gasteiger partial charge in [-0.3, -0.25) is 4.98 Å². The van der Waals surface area contributed by atoms with Crippen LogP contribution < -0.4 is 10.1 Å². The molecule has 0 amide bonds. The summed E-state index contributed by atoms with van der Waals surface area (Å²) in [7, 11) is 0. The molecule has 2 rings (SSSR count). The van der Waals surface area contributed by atoms with E-state index in [1.165, 1.54) is 6.07 Å². The summed E-state index contributed by atoms with van der Waals surface area (Å²) in [5, 5.41) is 3.42. The molecule has 0 saturated heterocycles. The van der Waals surface area contributed by atoms with E-state index in [-0.39, 0.29) is 11.9 Å². The minimum absolute atomic E-state index is 0.0320. The average molecular weight is 400 g/mol. The molecular formula is C16H18FIN2O. The molecule has 1 atom stereocenters. The summed E-state index contributed by atoms with van der Waals surface area (Å²) in [5.74, 6) is 0.523. The molecule has 0 saturated carbocycles. The molecule has 0 fully saturated rings. The maximum absolute atomic E-state index is 13.3. The Morgan fingerprint density at radius 2 is 2.10 bits per heavy atom. The molecule has 2 aromatic rings. The molecule has 21 heavy (non-hydrogen) atoms. The minimum atomic E-state index is -0.223. The van der Waals surface area contributed by atoms with Crippen LogP contribution in [-0.4, -0.2) is 18.1 Å². The van der Waals surface area contributed by atoms with Crippen molar-refractivity contribution in [3.63, 3.8) is 0 Å². The molecule has 3 nitrogen and oxygen atoms in total. The van der Waals surface area contributed by atoms with Gasteiger partial charge in [-0.25, -0.2) is 4.39 Å². The van der Waals surface area contributed by atoms with E-state index >= 15 is 0 Å². The van der Waals surface area contributed by atoms with Gasteiger partial charge >= 0.3 is 0 Å². The second kappa shape index (κ2) is 7.70. The van der Waals surface area contributed by atoms with Crippen LogP contribution in [0.15, 0.2) is 36.7 Å². The number of hydrogen-bond acceptors (Lipinski definition) is 3. The third-order valence-corrected chi connectivity index (χ3v) is 3.99. The van der Waals surface area contributed by atoms with Gasteiger partial charge < -0.3 is 10.1 Å². The third kappa shape index (κ3) is 4.14. The number of aromatic nitrogens is 1. The highest BCUT2D eigenvalue weighted by atomic mass is 127. The van der Waals surface area contributed by atoms with Crippen molar-refractivity contribution in [3.05, 3.63) is 57.2 Å². The molecule has 1 aromatic heterocycles. The van der Waals surface area contributed by atoms with Crippen LogP contribution in [0.1, 0.15) is 31.0 Å². The van der Waals surface area contributed by atoms with E-state index in [1.807, 2.05) is 32.2 Å². The quantitative estimate of drug-likeness (QED) is 0.747. The van der Waals surface area contributed by atoms with Crippen molar-refractivity contribution in [2.75, 3.05) is 13.2 Å². The van der Waals surface area contributed by atoms with Crippen molar-refractivity contribution >= 4 is 22.6 Å². The van der Waals surface area contributed by atoms with Crippen LogP contribution in [0.2, 0.25) is 0 Å². The van der Waals surface area contributed by atoms with Gasteiger partial charge in [-0.15, -0.1) is 0 Å². The number of nitrogens with one attached hydrogen (secondary N) is 1. The van der Waals surface area contributed by atoms with E-state index in [0.717, 1.165) is 27.0 Å². The molecule has 0 aliphatic heterocycles. The van der Waals surface area contributed by atoms with E-state index in [4.69, 9.17) is 4.74 Å². The van der Waals surface area contributed by atoms with Gasteiger partial charge in [-0.1, -0.05) is 13.0 Å². The lowest BCUT2D eigenvalue weighted by molar-refractivity contribution is 0.338. The smallest absolute Gasteiger partial charge is 0.137 e. The van der Waals surface area contributed by atoms with Gasteiger partial charge in [0, 0.05) is 9.77 Å². The summed E-state index contributed by atoms with van der Waals surface area (Å²) < 4.78 is 19.7. The van der Waals surface area contributed by atoms with Crippen LogP contribution in [0.3, 0.4) is 0 Å². The number of rotatable bonds is 6. The first kappa shape index (κ1) is 16.2. The maximum atomic E-state index is 13.3. The van der Waals surface area contributed by atoms with Crippen LogP contribution in [0.4, 0.5) is 4.39 Å². The van der Waals surface area contributed by atoms with E-state index < -0.39 is 0 Å². The predicted molar refractivity (Wildman–Crippen MR) is 90.0 cm³/mol. The molecule has 0 radical (unpaired) electrons. The van der Waals surface area contributed by atoms with Crippen LogP contribution in [0.5, 0.6) is 5.75 Å². The van der Waals surface area contributed by atoms with Crippen LogP contribution in [0.25, 0.3) is 0 Å². The molecule has 0 spiro atoms. The van der Waals surface area contributed by atoms with Gasteiger partial charge in [0.15, 0.2) is 0 Å². The monoisotopic (exact) mass is 400 g/mol. The van der Waals surface area contributed by atoms with Crippen LogP contribution in [0, 0.1) is 9.39 Å². The molecule has 0 aliphatic rings. The third-order valence-electron chi connectivity index (χ3n) is 3.06. The zero-order chi connectivity index (χ0) is 15.2. The van der Waals surface area contributed by atoms with Gasteiger partial charge in [-0.2, -0.15) is 0 Å². The van der Waals surface area contributed by atoms with Crippen LogP contribution >= 0.6 is 22.6 Å². The lowest BCUT2D eigenvalue weighted by atomic mass is 10.00. The van der Waals surface area contributed by atoms with Crippen molar-refractivity contribution in [1.29, 1.82) is 0 Å². The normalized spacial score (nSPS) is 12.2. The highest BCUT2D eigenvalue weighted by molar-refractivity contribution is 14.1. The lowest BCUT2D eigenvalue weighted by Crippen LogP contribution is -2.23. The number of pyridine rings is 1. The second-order valence-corrected chi connectivity index (χ2v) is 5.71. The van der Waals surface area contributed by atoms with Crippen molar-refractivity contribution < 1.29 is 9.13 Å². The van der Waals surface area contributed by atoms with E-state index in [2.05, 4.69) is 32.9 Å². The van der Waals surface area contributed by atoms with Crippen molar-refractivity contribution in [2.45, 2.75) is 19.9 Å². The van der Waals surface area contributed by atoms with E-state index in [9.17, 15) is 4.39 Å². The number of halogens is 2.